The Kier molecular flexibility index (Phi) is 7.19. The van der Waals surface area contributed by atoms with E-state index in [1.807, 2.05) is 49.4 Å². The molecule has 1 amide bonds. The smallest absolute Gasteiger partial charge is 0.344 e. The number of carbonyl (C=O) groups excluding carboxylic acids is 1. The van der Waals surface area contributed by atoms with Gasteiger partial charge in [-0.15, -0.1) is 0 Å². The third kappa shape index (κ3) is 4.93. The summed E-state index contributed by atoms with van der Waals surface area (Å²) >= 11 is 6.75. The fourth-order valence-electron chi connectivity index (χ4n) is 3.60. The Labute approximate surface area is 207 Å². The molecular formula is C26H23NO5S2. The van der Waals surface area contributed by atoms with Crippen LogP contribution in [0.4, 0.5) is 5.69 Å². The number of nitrogens with zero attached hydrogens (tertiary/aromatic N) is 1. The van der Waals surface area contributed by atoms with Crippen LogP contribution >= 0.6 is 24.0 Å². The standard InChI is InChI=1S/C26H23NO5S2/c1-3-20(25(29)30)32-21-12-9-16(13-22(21)31-4-2)14-23-24(28)27(26(33)34-23)19-11-10-17-7-5-6-8-18(17)15-19/h5-15,20H,3-4H2,1-2H3,(H,29,30)/b23-14+. The van der Waals surface area contributed by atoms with Crippen LogP contribution in [0, 0.1) is 0 Å². The number of thioether (sulfide) groups is 1. The van der Waals surface area contributed by atoms with E-state index in [9.17, 15) is 14.7 Å². The molecule has 1 aliphatic rings. The topological polar surface area (TPSA) is 76.1 Å². The van der Waals surface area contributed by atoms with Crippen molar-refractivity contribution >= 4 is 62.7 Å². The van der Waals surface area contributed by atoms with Crippen LogP contribution in [0.2, 0.25) is 0 Å². The summed E-state index contributed by atoms with van der Waals surface area (Å²) in [5.74, 6) is -0.468. The molecule has 3 aromatic carbocycles. The first-order chi connectivity index (χ1) is 16.4. The van der Waals surface area contributed by atoms with Gasteiger partial charge in [-0.2, -0.15) is 0 Å². The van der Waals surface area contributed by atoms with E-state index in [0.717, 1.165) is 22.0 Å². The third-order valence-electron chi connectivity index (χ3n) is 5.27. The van der Waals surface area contributed by atoms with Crippen LogP contribution in [-0.2, 0) is 9.59 Å². The average molecular weight is 494 g/mol. The van der Waals surface area contributed by atoms with Crippen molar-refractivity contribution in [3.63, 3.8) is 0 Å². The molecule has 1 N–H and O–H groups in total. The molecule has 0 aliphatic carbocycles. The molecule has 1 aliphatic heterocycles. The molecular weight excluding hydrogens is 470 g/mol. The molecule has 0 spiro atoms. The van der Waals surface area contributed by atoms with Crippen molar-refractivity contribution in [3.8, 4) is 11.5 Å². The van der Waals surface area contributed by atoms with Crippen molar-refractivity contribution in [2.75, 3.05) is 11.5 Å². The average Bonchev–Trinajstić information content (AvgIpc) is 3.10. The first kappa shape index (κ1) is 23.8. The summed E-state index contributed by atoms with van der Waals surface area (Å²) in [4.78, 5) is 26.6. The zero-order valence-corrected chi connectivity index (χ0v) is 20.3. The summed E-state index contributed by atoms with van der Waals surface area (Å²) in [5, 5.41) is 11.4. The van der Waals surface area contributed by atoms with E-state index in [1.54, 1.807) is 31.2 Å². The lowest BCUT2D eigenvalue weighted by Gasteiger charge is -2.17. The molecule has 1 atom stereocenters. The van der Waals surface area contributed by atoms with E-state index >= 15 is 0 Å². The molecule has 4 rings (SSSR count). The number of carbonyl (C=O) groups is 2. The summed E-state index contributed by atoms with van der Waals surface area (Å²) in [7, 11) is 0. The number of hydrogen-bond donors (Lipinski definition) is 1. The highest BCUT2D eigenvalue weighted by Gasteiger charge is 2.33. The molecule has 6 nitrogen and oxygen atoms in total. The maximum absolute atomic E-state index is 13.2. The van der Waals surface area contributed by atoms with Crippen LogP contribution in [0.25, 0.3) is 16.8 Å². The Bertz CT molecular complexity index is 1300. The van der Waals surface area contributed by atoms with E-state index in [2.05, 4.69) is 0 Å². The second-order valence-electron chi connectivity index (χ2n) is 7.54. The third-order valence-corrected chi connectivity index (χ3v) is 6.57. The molecule has 34 heavy (non-hydrogen) atoms. The van der Waals surface area contributed by atoms with Crippen molar-refractivity contribution in [2.45, 2.75) is 26.4 Å². The Morgan fingerprint density at radius 3 is 2.56 bits per heavy atom. The van der Waals surface area contributed by atoms with Crippen LogP contribution in [0.1, 0.15) is 25.8 Å². The number of anilines is 1. The maximum atomic E-state index is 13.2. The van der Waals surface area contributed by atoms with Gasteiger partial charge in [0.15, 0.2) is 21.9 Å². The van der Waals surface area contributed by atoms with Gasteiger partial charge in [-0.25, -0.2) is 4.79 Å². The Morgan fingerprint density at radius 2 is 1.85 bits per heavy atom. The highest BCUT2D eigenvalue weighted by atomic mass is 32.2. The number of carboxylic acid groups (broad SMARTS) is 1. The minimum atomic E-state index is -1.04. The fraction of sp³-hybridized carbons (Fsp3) is 0.192. The molecule has 8 heteroatoms. The SMILES string of the molecule is CCOc1cc(/C=C2/SC(=S)N(c3ccc4ccccc4c3)C2=O)ccc1OC(CC)C(=O)O. The summed E-state index contributed by atoms with van der Waals surface area (Å²) in [6.45, 7) is 3.96. The van der Waals surface area contributed by atoms with Crippen LogP contribution in [-0.4, -0.2) is 34.0 Å². The quantitative estimate of drug-likeness (QED) is 0.310. The van der Waals surface area contributed by atoms with E-state index in [-0.39, 0.29) is 5.91 Å². The normalized spacial score (nSPS) is 15.7. The number of amides is 1. The molecule has 0 aromatic heterocycles. The summed E-state index contributed by atoms with van der Waals surface area (Å²) < 4.78 is 11.8. The van der Waals surface area contributed by atoms with Crippen LogP contribution in [0.15, 0.2) is 65.6 Å². The number of aliphatic carboxylic acids is 1. The van der Waals surface area contributed by atoms with E-state index in [1.165, 1.54) is 16.7 Å². The van der Waals surface area contributed by atoms with Gasteiger partial charge in [0, 0.05) is 0 Å². The summed E-state index contributed by atoms with van der Waals surface area (Å²) in [6.07, 6.45) is 1.10. The number of thiocarbonyl (C=S) groups is 1. The summed E-state index contributed by atoms with van der Waals surface area (Å²) in [5.41, 5.74) is 1.45. The number of ether oxygens (including phenoxy) is 2. The van der Waals surface area contributed by atoms with E-state index in [4.69, 9.17) is 21.7 Å². The molecule has 174 valence electrons. The van der Waals surface area contributed by atoms with Gasteiger partial charge in [0.25, 0.3) is 5.91 Å². The molecule has 1 heterocycles. The first-order valence-electron chi connectivity index (χ1n) is 10.8. The van der Waals surface area contributed by atoms with Gasteiger partial charge in [0.2, 0.25) is 0 Å². The highest BCUT2D eigenvalue weighted by molar-refractivity contribution is 8.27. The lowest BCUT2D eigenvalue weighted by Crippen LogP contribution is -2.27. The van der Waals surface area contributed by atoms with Gasteiger partial charge in [0.05, 0.1) is 17.2 Å². The van der Waals surface area contributed by atoms with Crippen molar-refractivity contribution in [3.05, 3.63) is 71.1 Å². The van der Waals surface area contributed by atoms with Crippen molar-refractivity contribution in [1.29, 1.82) is 0 Å². The van der Waals surface area contributed by atoms with Crippen molar-refractivity contribution in [2.24, 2.45) is 0 Å². The van der Waals surface area contributed by atoms with Gasteiger partial charge in [-0.05, 0) is 60.0 Å². The minimum absolute atomic E-state index is 0.194. The largest absolute Gasteiger partial charge is 0.490 e. The number of rotatable bonds is 8. The molecule has 3 aromatic rings. The minimum Gasteiger partial charge on any atom is -0.490 e. The number of hydrogen-bond acceptors (Lipinski definition) is 6. The Hall–Kier alpha value is -3.36. The molecule has 0 saturated carbocycles. The molecule has 0 bridgehead atoms. The van der Waals surface area contributed by atoms with Crippen molar-refractivity contribution < 1.29 is 24.2 Å². The van der Waals surface area contributed by atoms with Gasteiger partial charge in [-0.1, -0.05) is 67.3 Å². The number of benzene rings is 3. The lowest BCUT2D eigenvalue weighted by atomic mass is 10.1. The molecule has 1 saturated heterocycles. The van der Waals surface area contributed by atoms with Gasteiger partial charge >= 0.3 is 5.97 Å². The van der Waals surface area contributed by atoms with E-state index < -0.39 is 12.1 Å². The molecule has 1 fully saturated rings. The summed E-state index contributed by atoms with van der Waals surface area (Å²) in [6, 6.07) is 18.9. The van der Waals surface area contributed by atoms with Gasteiger partial charge in [0.1, 0.15) is 0 Å². The second kappa shape index (κ2) is 10.3. The maximum Gasteiger partial charge on any atom is 0.344 e. The number of carboxylic acids is 1. The number of fused-ring (bicyclic) bond motifs is 1. The predicted molar refractivity (Wildman–Crippen MR) is 140 cm³/mol. The van der Waals surface area contributed by atoms with Crippen LogP contribution in [0.3, 0.4) is 0 Å². The Morgan fingerprint density at radius 1 is 1.09 bits per heavy atom. The Balaban J connectivity index is 1.62. The van der Waals surface area contributed by atoms with Gasteiger partial charge < -0.3 is 14.6 Å². The predicted octanol–water partition coefficient (Wildman–Crippen LogP) is 5.89. The van der Waals surface area contributed by atoms with E-state index in [0.29, 0.717) is 33.8 Å². The fourth-order valence-corrected chi connectivity index (χ4v) is 4.90. The zero-order valence-electron chi connectivity index (χ0n) is 18.7. The highest BCUT2D eigenvalue weighted by Crippen LogP contribution is 2.38. The van der Waals surface area contributed by atoms with Crippen LogP contribution < -0.4 is 14.4 Å². The lowest BCUT2D eigenvalue weighted by molar-refractivity contribution is -0.145. The van der Waals surface area contributed by atoms with Gasteiger partial charge in [-0.3, -0.25) is 9.69 Å². The molecule has 1 unspecified atom stereocenters. The van der Waals surface area contributed by atoms with Crippen LogP contribution in [0.5, 0.6) is 11.5 Å². The first-order valence-corrected chi connectivity index (χ1v) is 12.1. The second-order valence-corrected chi connectivity index (χ2v) is 9.22. The molecule has 0 radical (unpaired) electrons. The van der Waals surface area contributed by atoms with Crippen molar-refractivity contribution in [1.82, 2.24) is 0 Å². The zero-order chi connectivity index (χ0) is 24.2. The monoisotopic (exact) mass is 493 g/mol.